The summed E-state index contributed by atoms with van der Waals surface area (Å²) in [5, 5.41) is 8.64. The van der Waals surface area contributed by atoms with E-state index in [1.54, 1.807) is 7.11 Å². The van der Waals surface area contributed by atoms with Gasteiger partial charge in [0.1, 0.15) is 12.0 Å². The van der Waals surface area contributed by atoms with Crippen LogP contribution in [0.3, 0.4) is 0 Å². The van der Waals surface area contributed by atoms with Gasteiger partial charge in [0.05, 0.1) is 19.2 Å². The number of rotatable bonds is 5. The van der Waals surface area contributed by atoms with Gasteiger partial charge in [-0.15, -0.1) is 0 Å². The fourth-order valence-corrected chi connectivity index (χ4v) is 1.62. The molecule has 1 heterocycles. The number of methoxy groups -OCH3 is 1. The molecule has 0 spiro atoms. The molecule has 0 aliphatic heterocycles. The number of oxazole rings is 1. The normalized spacial score (nSPS) is 10.3. The molecule has 1 aromatic heterocycles. The van der Waals surface area contributed by atoms with Gasteiger partial charge < -0.3 is 14.3 Å². The summed E-state index contributed by atoms with van der Waals surface area (Å²) in [6.07, 6.45) is 1.77. The number of hydrogen-bond acceptors (Lipinski definition) is 4. The van der Waals surface area contributed by atoms with Gasteiger partial charge in [-0.05, 0) is 17.7 Å². The summed E-state index contributed by atoms with van der Waals surface area (Å²) in [4.78, 5) is 14.6. The topological polar surface area (TPSA) is 72.6 Å². The third kappa shape index (κ3) is 3.10. The molecule has 2 aromatic rings. The van der Waals surface area contributed by atoms with Gasteiger partial charge in [0.25, 0.3) is 0 Å². The van der Waals surface area contributed by atoms with Crippen LogP contribution in [0.1, 0.15) is 17.1 Å². The summed E-state index contributed by atoms with van der Waals surface area (Å²) in [5.41, 5.74) is 1.43. The van der Waals surface area contributed by atoms with Gasteiger partial charge in [0.15, 0.2) is 5.89 Å². The smallest absolute Gasteiger partial charge is 0.309 e. The lowest BCUT2D eigenvalue weighted by atomic mass is 10.1. The second-order valence-corrected chi connectivity index (χ2v) is 3.83. The molecule has 0 bridgehead atoms. The lowest BCUT2D eigenvalue weighted by Crippen LogP contribution is -2.00. The van der Waals surface area contributed by atoms with E-state index in [2.05, 4.69) is 4.98 Å². The molecule has 1 N–H and O–H groups in total. The highest BCUT2D eigenvalue weighted by molar-refractivity contribution is 5.69. The van der Waals surface area contributed by atoms with Crippen molar-refractivity contribution in [2.75, 3.05) is 7.11 Å². The average Bonchev–Trinajstić information content (AvgIpc) is 2.76. The molecule has 18 heavy (non-hydrogen) atoms. The highest BCUT2D eigenvalue weighted by Crippen LogP contribution is 2.16. The van der Waals surface area contributed by atoms with E-state index >= 15 is 0 Å². The number of nitrogens with zero attached hydrogens (tertiary/aromatic N) is 1. The monoisotopic (exact) mass is 247 g/mol. The van der Waals surface area contributed by atoms with Gasteiger partial charge in [-0.3, -0.25) is 4.79 Å². The van der Waals surface area contributed by atoms with E-state index in [9.17, 15) is 4.79 Å². The molecular formula is C13H13NO4. The summed E-state index contributed by atoms with van der Waals surface area (Å²) in [7, 11) is 1.61. The SMILES string of the molecule is COc1cccc(Cc2nc(CC(=O)O)co2)c1. The van der Waals surface area contributed by atoms with Crippen LogP contribution in [-0.4, -0.2) is 23.2 Å². The Morgan fingerprint density at radius 2 is 2.33 bits per heavy atom. The van der Waals surface area contributed by atoms with Crippen molar-refractivity contribution >= 4 is 5.97 Å². The molecule has 2 rings (SSSR count). The van der Waals surface area contributed by atoms with Crippen molar-refractivity contribution in [2.45, 2.75) is 12.8 Å². The summed E-state index contributed by atoms with van der Waals surface area (Å²) in [6, 6.07) is 7.56. The van der Waals surface area contributed by atoms with Crippen LogP contribution in [0.15, 0.2) is 34.9 Å². The molecule has 0 unspecified atom stereocenters. The molecule has 0 aliphatic carbocycles. The average molecular weight is 247 g/mol. The number of carboxylic acids is 1. The Kier molecular flexibility index (Phi) is 3.62. The van der Waals surface area contributed by atoms with Gasteiger partial charge in [-0.25, -0.2) is 4.98 Å². The Morgan fingerprint density at radius 3 is 3.06 bits per heavy atom. The van der Waals surface area contributed by atoms with Crippen molar-refractivity contribution in [2.24, 2.45) is 0 Å². The van der Waals surface area contributed by atoms with Crippen molar-refractivity contribution in [3.05, 3.63) is 47.7 Å². The van der Waals surface area contributed by atoms with Crippen LogP contribution in [0.2, 0.25) is 0 Å². The minimum Gasteiger partial charge on any atom is -0.497 e. The van der Waals surface area contributed by atoms with E-state index in [0.717, 1.165) is 11.3 Å². The van der Waals surface area contributed by atoms with Crippen LogP contribution in [0.5, 0.6) is 5.75 Å². The molecule has 0 radical (unpaired) electrons. The van der Waals surface area contributed by atoms with Crippen LogP contribution in [0.4, 0.5) is 0 Å². The van der Waals surface area contributed by atoms with Crippen LogP contribution < -0.4 is 4.74 Å². The molecule has 0 atom stereocenters. The van der Waals surface area contributed by atoms with Crippen LogP contribution in [0, 0.1) is 0 Å². The Balaban J connectivity index is 2.08. The van der Waals surface area contributed by atoms with Crippen LogP contribution >= 0.6 is 0 Å². The molecule has 0 amide bonds. The lowest BCUT2D eigenvalue weighted by molar-refractivity contribution is -0.136. The summed E-state index contributed by atoms with van der Waals surface area (Å²) in [6.45, 7) is 0. The Hall–Kier alpha value is -2.30. The van der Waals surface area contributed by atoms with Crippen molar-refractivity contribution < 1.29 is 19.1 Å². The van der Waals surface area contributed by atoms with Gasteiger partial charge in [0.2, 0.25) is 0 Å². The maximum absolute atomic E-state index is 10.5. The van der Waals surface area contributed by atoms with Crippen LogP contribution in [-0.2, 0) is 17.6 Å². The standard InChI is InChI=1S/C13H13NO4/c1-17-11-4-2-3-9(5-11)6-12-14-10(8-18-12)7-13(15)16/h2-5,8H,6-7H2,1H3,(H,15,16). The van der Waals surface area contributed by atoms with E-state index in [-0.39, 0.29) is 6.42 Å². The minimum absolute atomic E-state index is 0.123. The molecule has 5 heteroatoms. The Morgan fingerprint density at radius 1 is 1.50 bits per heavy atom. The van der Waals surface area contributed by atoms with Crippen molar-refractivity contribution in [1.82, 2.24) is 4.98 Å². The van der Waals surface area contributed by atoms with E-state index in [1.165, 1.54) is 6.26 Å². The van der Waals surface area contributed by atoms with Gasteiger partial charge >= 0.3 is 5.97 Å². The minimum atomic E-state index is -0.920. The molecule has 5 nitrogen and oxygen atoms in total. The number of hydrogen-bond donors (Lipinski definition) is 1. The first-order valence-corrected chi connectivity index (χ1v) is 5.45. The summed E-state index contributed by atoms with van der Waals surface area (Å²) in [5.74, 6) is 0.348. The zero-order valence-electron chi connectivity index (χ0n) is 9.92. The highest BCUT2D eigenvalue weighted by Gasteiger charge is 2.08. The largest absolute Gasteiger partial charge is 0.497 e. The number of benzene rings is 1. The first kappa shape index (κ1) is 12.2. The molecule has 1 aromatic carbocycles. The van der Waals surface area contributed by atoms with Crippen LogP contribution in [0.25, 0.3) is 0 Å². The third-order valence-electron chi connectivity index (χ3n) is 2.42. The maximum atomic E-state index is 10.5. The van der Waals surface area contributed by atoms with Gasteiger partial charge in [-0.1, -0.05) is 12.1 Å². The predicted molar refractivity (Wildman–Crippen MR) is 63.6 cm³/mol. The predicted octanol–water partition coefficient (Wildman–Crippen LogP) is 1.90. The first-order chi connectivity index (χ1) is 8.67. The van der Waals surface area contributed by atoms with Crippen molar-refractivity contribution in [3.8, 4) is 5.75 Å². The van der Waals surface area contributed by atoms with Gasteiger partial charge in [0, 0.05) is 6.42 Å². The zero-order chi connectivity index (χ0) is 13.0. The number of ether oxygens (including phenoxy) is 1. The molecule has 0 fully saturated rings. The Labute approximate surface area is 104 Å². The molecular weight excluding hydrogens is 234 g/mol. The first-order valence-electron chi connectivity index (χ1n) is 5.45. The molecule has 0 saturated heterocycles. The lowest BCUT2D eigenvalue weighted by Gasteiger charge is -2.01. The number of carboxylic acid groups (broad SMARTS) is 1. The summed E-state index contributed by atoms with van der Waals surface area (Å²) < 4.78 is 10.3. The summed E-state index contributed by atoms with van der Waals surface area (Å²) >= 11 is 0. The fourth-order valence-electron chi connectivity index (χ4n) is 1.62. The van der Waals surface area contributed by atoms with E-state index in [1.807, 2.05) is 24.3 Å². The zero-order valence-corrected chi connectivity index (χ0v) is 9.92. The van der Waals surface area contributed by atoms with Crippen molar-refractivity contribution in [1.29, 1.82) is 0 Å². The second-order valence-electron chi connectivity index (χ2n) is 3.83. The second kappa shape index (κ2) is 5.35. The third-order valence-corrected chi connectivity index (χ3v) is 2.42. The number of aliphatic carboxylic acids is 1. The van der Waals surface area contributed by atoms with Gasteiger partial charge in [-0.2, -0.15) is 0 Å². The fraction of sp³-hybridized carbons (Fsp3) is 0.231. The molecule has 0 aliphatic rings. The highest BCUT2D eigenvalue weighted by atomic mass is 16.5. The van der Waals surface area contributed by atoms with E-state index < -0.39 is 5.97 Å². The number of carbonyl (C=O) groups is 1. The quantitative estimate of drug-likeness (QED) is 0.873. The Bertz CT molecular complexity index is 547. The van der Waals surface area contributed by atoms with E-state index in [4.69, 9.17) is 14.3 Å². The van der Waals surface area contributed by atoms with Crippen molar-refractivity contribution in [3.63, 3.8) is 0 Å². The maximum Gasteiger partial charge on any atom is 0.309 e. The number of aromatic nitrogens is 1. The molecule has 94 valence electrons. The molecule has 0 saturated carbocycles. The van der Waals surface area contributed by atoms with E-state index in [0.29, 0.717) is 18.0 Å².